The summed E-state index contributed by atoms with van der Waals surface area (Å²) in [7, 11) is 1.60. The molecule has 0 spiro atoms. The second-order valence-corrected chi connectivity index (χ2v) is 6.18. The van der Waals surface area contributed by atoms with Gasteiger partial charge in [0, 0.05) is 10.6 Å². The first kappa shape index (κ1) is 14.8. The van der Waals surface area contributed by atoms with Gasteiger partial charge in [-0.05, 0) is 36.8 Å². The Morgan fingerprint density at radius 2 is 2.14 bits per heavy atom. The lowest BCUT2D eigenvalue weighted by molar-refractivity contribution is 0.102. The number of aryl methyl sites for hydroxylation is 1. The van der Waals surface area contributed by atoms with Crippen molar-refractivity contribution in [1.29, 1.82) is 0 Å². The number of methoxy groups -OCH3 is 1. The van der Waals surface area contributed by atoms with E-state index in [2.05, 4.69) is 10.3 Å². The summed E-state index contributed by atoms with van der Waals surface area (Å²) < 4.78 is 6.32. The van der Waals surface area contributed by atoms with Crippen molar-refractivity contribution in [2.24, 2.45) is 0 Å². The van der Waals surface area contributed by atoms with E-state index in [4.69, 9.17) is 16.3 Å². The van der Waals surface area contributed by atoms with Crippen molar-refractivity contribution in [2.75, 3.05) is 12.4 Å². The summed E-state index contributed by atoms with van der Waals surface area (Å²) in [5.74, 6) is 0.457. The topological polar surface area (TPSA) is 51.2 Å². The molecule has 112 valence electrons. The van der Waals surface area contributed by atoms with Crippen LogP contribution in [0.15, 0.2) is 36.4 Å². The van der Waals surface area contributed by atoms with E-state index in [9.17, 15) is 4.79 Å². The van der Waals surface area contributed by atoms with Crippen LogP contribution < -0.4 is 10.1 Å². The van der Waals surface area contributed by atoms with Gasteiger partial charge in [0.15, 0.2) is 5.13 Å². The summed E-state index contributed by atoms with van der Waals surface area (Å²) in [6.45, 7) is 2.00. The highest BCUT2D eigenvalue weighted by molar-refractivity contribution is 7.22. The van der Waals surface area contributed by atoms with Gasteiger partial charge in [-0.25, -0.2) is 4.98 Å². The lowest BCUT2D eigenvalue weighted by Gasteiger charge is -2.01. The number of carbonyl (C=O) groups is 1. The zero-order valence-electron chi connectivity index (χ0n) is 12.0. The van der Waals surface area contributed by atoms with Crippen LogP contribution >= 0.6 is 22.9 Å². The molecule has 3 rings (SSSR count). The molecule has 22 heavy (non-hydrogen) atoms. The number of aromatic nitrogens is 1. The van der Waals surface area contributed by atoms with Gasteiger partial charge in [-0.15, -0.1) is 0 Å². The Kier molecular flexibility index (Phi) is 4.00. The lowest BCUT2D eigenvalue weighted by atomic mass is 10.2. The molecule has 1 N–H and O–H groups in total. The van der Waals surface area contributed by atoms with Gasteiger partial charge in [0.05, 0.1) is 11.8 Å². The van der Waals surface area contributed by atoms with E-state index >= 15 is 0 Å². The third-order valence-corrected chi connectivity index (χ3v) is 4.57. The molecule has 0 atom stereocenters. The third-order valence-electron chi connectivity index (χ3n) is 3.23. The van der Waals surface area contributed by atoms with Gasteiger partial charge < -0.3 is 4.74 Å². The smallest absolute Gasteiger partial charge is 0.257 e. The maximum absolute atomic E-state index is 12.2. The Morgan fingerprint density at radius 3 is 2.86 bits per heavy atom. The first-order valence-electron chi connectivity index (χ1n) is 6.59. The monoisotopic (exact) mass is 332 g/mol. The summed E-state index contributed by atoms with van der Waals surface area (Å²) in [6, 6.07) is 10.6. The maximum atomic E-state index is 12.2. The summed E-state index contributed by atoms with van der Waals surface area (Å²) in [6.07, 6.45) is 0. The number of amides is 1. The minimum Gasteiger partial charge on any atom is -0.494 e. The van der Waals surface area contributed by atoms with E-state index in [1.54, 1.807) is 31.4 Å². The van der Waals surface area contributed by atoms with E-state index in [0.29, 0.717) is 21.5 Å². The minimum absolute atomic E-state index is 0.238. The fourth-order valence-corrected chi connectivity index (χ4v) is 3.26. The molecular formula is C16H13ClN2O2S. The minimum atomic E-state index is -0.238. The van der Waals surface area contributed by atoms with E-state index < -0.39 is 0 Å². The number of nitrogens with zero attached hydrogens (tertiary/aromatic N) is 1. The van der Waals surface area contributed by atoms with Crippen LogP contribution in [0.2, 0.25) is 5.02 Å². The maximum Gasteiger partial charge on any atom is 0.257 e. The molecule has 0 aliphatic carbocycles. The van der Waals surface area contributed by atoms with Gasteiger partial charge in [0.1, 0.15) is 11.3 Å². The highest BCUT2D eigenvalue weighted by atomic mass is 35.5. The molecule has 6 heteroatoms. The number of benzene rings is 2. The second kappa shape index (κ2) is 5.94. The van der Waals surface area contributed by atoms with Crippen molar-refractivity contribution >= 4 is 44.2 Å². The Labute approximate surface area is 136 Å². The molecule has 1 heterocycles. The second-order valence-electron chi connectivity index (χ2n) is 4.75. The zero-order valence-corrected chi connectivity index (χ0v) is 13.6. The van der Waals surface area contributed by atoms with Gasteiger partial charge in [-0.1, -0.05) is 35.1 Å². The van der Waals surface area contributed by atoms with Crippen LogP contribution in [-0.4, -0.2) is 18.0 Å². The quantitative estimate of drug-likeness (QED) is 0.767. The van der Waals surface area contributed by atoms with Gasteiger partial charge in [-0.2, -0.15) is 0 Å². The Balaban J connectivity index is 1.94. The SMILES string of the molecule is COc1ccc(C)c2sc(NC(=O)c3cccc(Cl)c3)nc12. The first-order chi connectivity index (χ1) is 10.6. The first-order valence-corrected chi connectivity index (χ1v) is 7.79. The summed E-state index contributed by atoms with van der Waals surface area (Å²) in [5, 5.41) is 3.87. The van der Waals surface area contributed by atoms with Crippen molar-refractivity contribution < 1.29 is 9.53 Å². The van der Waals surface area contributed by atoms with Gasteiger partial charge >= 0.3 is 0 Å². The number of ether oxygens (including phenoxy) is 1. The molecular weight excluding hydrogens is 320 g/mol. The predicted molar refractivity (Wildman–Crippen MR) is 90.3 cm³/mol. The molecule has 0 aliphatic rings. The van der Waals surface area contributed by atoms with Crippen LogP contribution in [0, 0.1) is 6.92 Å². The van der Waals surface area contributed by atoms with Crippen molar-refractivity contribution in [1.82, 2.24) is 4.98 Å². The van der Waals surface area contributed by atoms with Crippen LogP contribution in [0.4, 0.5) is 5.13 Å². The molecule has 1 amide bonds. The predicted octanol–water partition coefficient (Wildman–Crippen LogP) is 4.52. The number of hydrogen-bond acceptors (Lipinski definition) is 4. The van der Waals surface area contributed by atoms with Crippen molar-refractivity contribution in [2.45, 2.75) is 6.92 Å². The Morgan fingerprint density at radius 1 is 1.32 bits per heavy atom. The molecule has 0 radical (unpaired) electrons. The average molecular weight is 333 g/mol. The normalized spacial score (nSPS) is 10.7. The van der Waals surface area contributed by atoms with Crippen LogP contribution in [0.3, 0.4) is 0 Å². The summed E-state index contributed by atoms with van der Waals surface area (Å²) in [5.41, 5.74) is 2.35. The molecule has 2 aromatic carbocycles. The standard InChI is InChI=1S/C16H13ClN2O2S/c1-9-6-7-12(21-2)13-14(9)22-16(18-13)19-15(20)10-4-3-5-11(17)8-10/h3-8H,1-2H3,(H,18,19,20). The fourth-order valence-electron chi connectivity index (χ4n) is 2.13. The van der Waals surface area contributed by atoms with Gasteiger partial charge in [0.2, 0.25) is 0 Å². The number of thiazole rings is 1. The van der Waals surface area contributed by atoms with Crippen molar-refractivity contribution in [3.63, 3.8) is 0 Å². The average Bonchev–Trinajstić information content (AvgIpc) is 2.92. The number of hydrogen-bond donors (Lipinski definition) is 1. The number of nitrogens with one attached hydrogen (secondary N) is 1. The Hall–Kier alpha value is -2.11. The molecule has 0 aliphatic heterocycles. The van der Waals surface area contributed by atoms with E-state index in [0.717, 1.165) is 15.8 Å². The van der Waals surface area contributed by atoms with Gasteiger partial charge in [0.25, 0.3) is 5.91 Å². The molecule has 4 nitrogen and oxygen atoms in total. The van der Waals surface area contributed by atoms with Crippen LogP contribution in [0.25, 0.3) is 10.2 Å². The summed E-state index contributed by atoms with van der Waals surface area (Å²) >= 11 is 7.33. The molecule has 0 saturated heterocycles. The molecule has 0 unspecified atom stereocenters. The molecule has 3 aromatic rings. The molecule has 0 bridgehead atoms. The fraction of sp³-hybridized carbons (Fsp3) is 0.125. The highest BCUT2D eigenvalue weighted by Crippen LogP contribution is 2.34. The van der Waals surface area contributed by atoms with Gasteiger partial charge in [-0.3, -0.25) is 10.1 Å². The largest absolute Gasteiger partial charge is 0.494 e. The number of rotatable bonds is 3. The number of halogens is 1. The number of anilines is 1. The molecule has 0 fully saturated rings. The molecule has 1 aromatic heterocycles. The van der Waals surface area contributed by atoms with E-state index in [1.807, 2.05) is 19.1 Å². The van der Waals surface area contributed by atoms with E-state index in [-0.39, 0.29) is 5.91 Å². The van der Waals surface area contributed by atoms with E-state index in [1.165, 1.54) is 11.3 Å². The summed E-state index contributed by atoms with van der Waals surface area (Å²) in [4.78, 5) is 16.7. The zero-order chi connectivity index (χ0) is 15.7. The number of carbonyl (C=O) groups excluding carboxylic acids is 1. The molecule has 0 saturated carbocycles. The van der Waals surface area contributed by atoms with Crippen molar-refractivity contribution in [3.05, 3.63) is 52.5 Å². The lowest BCUT2D eigenvalue weighted by Crippen LogP contribution is -2.11. The highest BCUT2D eigenvalue weighted by Gasteiger charge is 2.14. The van der Waals surface area contributed by atoms with Crippen LogP contribution in [0.1, 0.15) is 15.9 Å². The van der Waals surface area contributed by atoms with Crippen LogP contribution in [0.5, 0.6) is 5.75 Å². The number of fused-ring (bicyclic) bond motifs is 1. The van der Waals surface area contributed by atoms with Crippen molar-refractivity contribution in [3.8, 4) is 5.75 Å². The third kappa shape index (κ3) is 2.77. The Bertz CT molecular complexity index is 860. The van der Waals surface area contributed by atoms with Crippen LogP contribution in [-0.2, 0) is 0 Å².